The van der Waals surface area contributed by atoms with Crippen molar-refractivity contribution < 1.29 is 19.4 Å². The zero-order valence-corrected chi connectivity index (χ0v) is 16.7. The van der Waals surface area contributed by atoms with Crippen LogP contribution in [0.5, 0.6) is 0 Å². The van der Waals surface area contributed by atoms with Crippen LogP contribution < -0.4 is 0 Å². The van der Waals surface area contributed by atoms with Gasteiger partial charge in [0.2, 0.25) is 5.91 Å². The summed E-state index contributed by atoms with van der Waals surface area (Å²) in [6.45, 7) is 1.63. The molecule has 1 fully saturated rings. The summed E-state index contributed by atoms with van der Waals surface area (Å²) in [7, 11) is 1.72. The van der Waals surface area contributed by atoms with Crippen LogP contribution in [0, 0.1) is 0 Å². The minimum atomic E-state index is -0.676. The maximum Gasteiger partial charge on any atom is 0.303 e. The summed E-state index contributed by atoms with van der Waals surface area (Å²) in [6.07, 6.45) is 16.4. The van der Waals surface area contributed by atoms with Crippen LogP contribution in [0.3, 0.4) is 0 Å². The molecule has 0 aromatic heterocycles. The molecular weight excluding hydrogens is 330 g/mol. The van der Waals surface area contributed by atoms with E-state index < -0.39 is 5.97 Å². The summed E-state index contributed by atoms with van der Waals surface area (Å²) in [4.78, 5) is 24.4. The van der Waals surface area contributed by atoms with Crippen molar-refractivity contribution in [1.82, 2.24) is 4.90 Å². The maximum absolute atomic E-state index is 12.1. The number of nitrogens with zero attached hydrogens (tertiary/aromatic N) is 1. The first-order valence-corrected chi connectivity index (χ1v) is 10.7. The van der Waals surface area contributed by atoms with Crippen molar-refractivity contribution in [2.45, 2.75) is 102 Å². The number of rotatable bonds is 16. The molecule has 0 aromatic rings. The standard InChI is InChI=1S/C21H39NO4/c1-26-19-16-17-22(18-19)20(23)14-12-10-8-6-4-2-3-5-7-9-11-13-15-21(24)25/h19H,2-18H2,1H3,(H,24,25)/t19-/m0/s1. The first-order valence-electron chi connectivity index (χ1n) is 10.7. The second kappa shape index (κ2) is 15.0. The van der Waals surface area contributed by atoms with Crippen molar-refractivity contribution in [3.8, 4) is 0 Å². The van der Waals surface area contributed by atoms with Crippen molar-refractivity contribution in [2.24, 2.45) is 0 Å². The summed E-state index contributed by atoms with van der Waals surface area (Å²) in [5.41, 5.74) is 0. The number of carboxylic acid groups (broad SMARTS) is 1. The Bertz CT molecular complexity index is 386. The molecule has 1 atom stereocenters. The number of hydrogen-bond donors (Lipinski definition) is 1. The lowest BCUT2D eigenvalue weighted by Crippen LogP contribution is -2.29. The smallest absolute Gasteiger partial charge is 0.303 e. The minimum Gasteiger partial charge on any atom is -0.481 e. The van der Waals surface area contributed by atoms with Gasteiger partial charge in [-0.15, -0.1) is 0 Å². The Labute approximate surface area is 159 Å². The number of unbranched alkanes of at least 4 members (excludes halogenated alkanes) is 11. The number of carbonyl (C=O) groups excluding carboxylic acids is 1. The Kier molecular flexibility index (Phi) is 13.2. The fourth-order valence-electron chi connectivity index (χ4n) is 3.63. The van der Waals surface area contributed by atoms with Gasteiger partial charge < -0.3 is 14.7 Å². The monoisotopic (exact) mass is 369 g/mol. The van der Waals surface area contributed by atoms with Gasteiger partial charge >= 0.3 is 5.97 Å². The number of carbonyl (C=O) groups is 2. The van der Waals surface area contributed by atoms with Gasteiger partial charge in [-0.05, 0) is 19.3 Å². The highest BCUT2D eigenvalue weighted by atomic mass is 16.5. The van der Waals surface area contributed by atoms with Gasteiger partial charge in [0.25, 0.3) is 0 Å². The van der Waals surface area contributed by atoms with Gasteiger partial charge in [0.05, 0.1) is 6.10 Å². The van der Waals surface area contributed by atoms with E-state index in [4.69, 9.17) is 9.84 Å². The minimum absolute atomic E-state index is 0.240. The van der Waals surface area contributed by atoms with Crippen molar-refractivity contribution >= 4 is 11.9 Å². The fraction of sp³-hybridized carbons (Fsp3) is 0.905. The van der Waals surface area contributed by atoms with Crippen LogP contribution in [-0.2, 0) is 14.3 Å². The first-order chi connectivity index (χ1) is 12.6. The van der Waals surface area contributed by atoms with Crippen molar-refractivity contribution in [1.29, 1.82) is 0 Å². The molecule has 1 saturated heterocycles. The van der Waals surface area contributed by atoms with E-state index in [1.807, 2.05) is 4.90 Å². The van der Waals surface area contributed by atoms with Gasteiger partial charge in [-0.25, -0.2) is 0 Å². The van der Waals surface area contributed by atoms with E-state index in [2.05, 4.69) is 0 Å². The Morgan fingerprint density at radius 1 is 0.846 bits per heavy atom. The highest BCUT2D eigenvalue weighted by Gasteiger charge is 2.25. The molecule has 0 radical (unpaired) electrons. The predicted molar refractivity (Wildman–Crippen MR) is 104 cm³/mol. The van der Waals surface area contributed by atoms with E-state index in [-0.39, 0.29) is 6.10 Å². The molecule has 0 saturated carbocycles. The molecule has 0 aromatic carbocycles. The Morgan fingerprint density at radius 3 is 1.73 bits per heavy atom. The average molecular weight is 370 g/mol. The Balaban J connectivity index is 1.78. The van der Waals surface area contributed by atoms with E-state index in [9.17, 15) is 9.59 Å². The lowest BCUT2D eigenvalue weighted by Gasteiger charge is -2.15. The quantitative estimate of drug-likeness (QED) is 0.398. The van der Waals surface area contributed by atoms with Gasteiger partial charge in [0.1, 0.15) is 0 Å². The number of carboxylic acids is 1. The van der Waals surface area contributed by atoms with Gasteiger partial charge in [-0.2, -0.15) is 0 Å². The largest absolute Gasteiger partial charge is 0.481 e. The number of aliphatic carboxylic acids is 1. The number of amides is 1. The summed E-state index contributed by atoms with van der Waals surface area (Å²) < 4.78 is 5.31. The van der Waals surface area contributed by atoms with Gasteiger partial charge in [0, 0.05) is 33.0 Å². The SMILES string of the molecule is CO[C@H]1CCN(C(=O)CCCCCCCCCCCCCCC(=O)O)C1. The third kappa shape index (κ3) is 11.5. The van der Waals surface area contributed by atoms with E-state index in [0.717, 1.165) is 45.2 Å². The van der Waals surface area contributed by atoms with Gasteiger partial charge in [-0.1, -0.05) is 64.2 Å². The number of methoxy groups -OCH3 is 1. The van der Waals surface area contributed by atoms with Crippen LogP contribution in [0.2, 0.25) is 0 Å². The molecule has 1 aliphatic heterocycles. The fourth-order valence-corrected chi connectivity index (χ4v) is 3.63. The summed E-state index contributed by atoms with van der Waals surface area (Å²) in [5, 5.41) is 8.56. The zero-order chi connectivity index (χ0) is 19.0. The van der Waals surface area contributed by atoms with Crippen LogP contribution in [-0.4, -0.2) is 48.2 Å². The van der Waals surface area contributed by atoms with Crippen LogP contribution in [0.4, 0.5) is 0 Å². The molecule has 5 nitrogen and oxygen atoms in total. The second-order valence-electron chi connectivity index (χ2n) is 7.62. The van der Waals surface area contributed by atoms with E-state index >= 15 is 0 Å². The molecule has 0 bridgehead atoms. The molecule has 1 rings (SSSR count). The Morgan fingerprint density at radius 2 is 1.31 bits per heavy atom. The zero-order valence-electron chi connectivity index (χ0n) is 16.7. The average Bonchev–Trinajstić information content (AvgIpc) is 3.11. The van der Waals surface area contributed by atoms with Crippen LogP contribution in [0.25, 0.3) is 0 Å². The number of ether oxygens (including phenoxy) is 1. The lowest BCUT2D eigenvalue weighted by atomic mass is 10.0. The lowest BCUT2D eigenvalue weighted by molar-refractivity contribution is -0.137. The molecule has 1 heterocycles. The first kappa shape index (κ1) is 22.9. The van der Waals surface area contributed by atoms with Crippen molar-refractivity contribution in [3.63, 3.8) is 0 Å². The molecule has 1 aliphatic rings. The molecule has 0 spiro atoms. The van der Waals surface area contributed by atoms with Crippen molar-refractivity contribution in [2.75, 3.05) is 20.2 Å². The third-order valence-corrected chi connectivity index (χ3v) is 5.36. The molecule has 0 aliphatic carbocycles. The molecule has 152 valence electrons. The third-order valence-electron chi connectivity index (χ3n) is 5.36. The predicted octanol–water partition coefficient (Wildman–Crippen LogP) is 4.78. The molecule has 0 unspecified atom stereocenters. The van der Waals surface area contributed by atoms with E-state index in [1.165, 1.54) is 51.4 Å². The second-order valence-corrected chi connectivity index (χ2v) is 7.62. The summed E-state index contributed by atoms with van der Waals surface area (Å²) in [5.74, 6) is -0.377. The Hall–Kier alpha value is -1.10. The summed E-state index contributed by atoms with van der Waals surface area (Å²) in [6, 6.07) is 0. The molecule has 1 N–H and O–H groups in total. The highest BCUT2D eigenvalue weighted by molar-refractivity contribution is 5.76. The molecule has 5 heteroatoms. The van der Waals surface area contributed by atoms with Crippen LogP contribution in [0.1, 0.15) is 96.3 Å². The van der Waals surface area contributed by atoms with Crippen LogP contribution in [0.15, 0.2) is 0 Å². The van der Waals surface area contributed by atoms with E-state index in [0.29, 0.717) is 18.7 Å². The van der Waals surface area contributed by atoms with Gasteiger partial charge in [-0.3, -0.25) is 9.59 Å². The highest BCUT2D eigenvalue weighted by Crippen LogP contribution is 2.16. The van der Waals surface area contributed by atoms with E-state index in [1.54, 1.807) is 7.11 Å². The molecule has 26 heavy (non-hydrogen) atoms. The molecule has 1 amide bonds. The summed E-state index contributed by atoms with van der Waals surface area (Å²) >= 11 is 0. The van der Waals surface area contributed by atoms with Crippen LogP contribution >= 0.6 is 0 Å². The molecular formula is C21H39NO4. The van der Waals surface area contributed by atoms with Crippen molar-refractivity contribution in [3.05, 3.63) is 0 Å². The normalized spacial score (nSPS) is 17.0. The number of hydrogen-bond acceptors (Lipinski definition) is 3. The van der Waals surface area contributed by atoms with Gasteiger partial charge in [0.15, 0.2) is 0 Å². The topological polar surface area (TPSA) is 66.8 Å². The number of likely N-dealkylation sites (tertiary alicyclic amines) is 1. The maximum atomic E-state index is 12.1.